The first-order chi connectivity index (χ1) is 20.3. The maximum atomic E-state index is 12.8. The van der Waals surface area contributed by atoms with Gasteiger partial charge in [0.15, 0.2) is 0 Å². The topological polar surface area (TPSA) is 136 Å². The number of alkyl halides is 3. The molecule has 0 spiro atoms. The summed E-state index contributed by atoms with van der Waals surface area (Å²) in [6, 6.07) is 26.0. The second-order valence-electron chi connectivity index (χ2n) is 9.17. The smallest absolute Gasteiger partial charge is 0.338 e. The number of hydrogen-bond donors (Lipinski definition) is 1. The van der Waals surface area contributed by atoms with E-state index in [0.29, 0.717) is 5.56 Å². The predicted molar refractivity (Wildman–Crippen MR) is 157 cm³/mol. The van der Waals surface area contributed by atoms with Crippen molar-refractivity contribution < 1.29 is 28.5 Å². The fraction of sp³-hybridized carbons (Fsp3) is 0.310. The molecule has 5 atom stereocenters. The fourth-order valence-electron chi connectivity index (χ4n) is 4.23. The Morgan fingerprint density at radius 3 is 1.93 bits per heavy atom. The molecule has 1 saturated heterocycles. The third kappa shape index (κ3) is 8.83. The monoisotopic (exact) mass is 632 g/mol. The molecule has 1 N–H and O–H groups in total. The minimum Gasteiger partial charge on any atom is -0.459 e. The zero-order chi connectivity index (χ0) is 30.0. The lowest BCUT2D eigenvalue weighted by molar-refractivity contribution is -0.266. The lowest BCUT2D eigenvalue weighted by Crippen LogP contribution is -2.61. The van der Waals surface area contributed by atoms with Gasteiger partial charge >= 0.3 is 5.97 Å². The van der Waals surface area contributed by atoms with Crippen LogP contribution in [0.15, 0.2) is 96.1 Å². The SMILES string of the molecule is [N-]=[N+]=N[C@H]1C(OC(=N)C(Cl)(Cl)Cl)O[C@H](COC(=O)c2ccccc2)[C@@H](OCc2ccccc2)[C@@H]1OCc1ccccc1. The van der Waals surface area contributed by atoms with Gasteiger partial charge in [-0.05, 0) is 28.8 Å². The Morgan fingerprint density at radius 1 is 0.881 bits per heavy atom. The average Bonchev–Trinajstić information content (AvgIpc) is 3.00. The first kappa shape index (κ1) is 31.6. The van der Waals surface area contributed by atoms with E-state index in [-0.39, 0.29) is 19.8 Å². The molecule has 0 aromatic heterocycles. The number of benzene rings is 3. The van der Waals surface area contributed by atoms with Crippen LogP contribution in [0.25, 0.3) is 10.4 Å². The van der Waals surface area contributed by atoms with Crippen LogP contribution in [0.1, 0.15) is 21.5 Å². The molecule has 3 aromatic carbocycles. The Balaban J connectivity index is 1.66. The van der Waals surface area contributed by atoms with Gasteiger partial charge in [0, 0.05) is 4.91 Å². The summed E-state index contributed by atoms with van der Waals surface area (Å²) in [6.45, 7) is -0.0384. The number of esters is 1. The van der Waals surface area contributed by atoms with Crippen molar-refractivity contribution in [2.75, 3.05) is 6.61 Å². The highest BCUT2D eigenvalue weighted by atomic mass is 35.6. The van der Waals surface area contributed by atoms with E-state index in [2.05, 4.69) is 10.0 Å². The molecule has 10 nitrogen and oxygen atoms in total. The summed E-state index contributed by atoms with van der Waals surface area (Å²) in [6.07, 6.45) is -4.36. The minimum absolute atomic E-state index is 0.110. The van der Waals surface area contributed by atoms with Crippen molar-refractivity contribution in [1.29, 1.82) is 5.41 Å². The fourth-order valence-corrected chi connectivity index (χ4v) is 4.36. The molecule has 1 fully saturated rings. The Kier molecular flexibility index (Phi) is 11.5. The number of carbonyl (C=O) groups excluding carboxylic acids is 1. The molecule has 220 valence electrons. The first-order valence-corrected chi connectivity index (χ1v) is 13.9. The number of halogens is 3. The molecule has 0 amide bonds. The summed E-state index contributed by atoms with van der Waals surface area (Å²) in [5.41, 5.74) is 11.5. The molecule has 3 aromatic rings. The van der Waals surface area contributed by atoms with Crippen LogP contribution in [0.4, 0.5) is 0 Å². The van der Waals surface area contributed by atoms with Gasteiger partial charge in [-0.1, -0.05) is 119 Å². The number of azide groups is 1. The van der Waals surface area contributed by atoms with E-state index in [0.717, 1.165) is 11.1 Å². The summed E-state index contributed by atoms with van der Waals surface area (Å²) >= 11 is 17.6. The van der Waals surface area contributed by atoms with E-state index in [4.69, 9.17) is 63.9 Å². The van der Waals surface area contributed by atoms with Crippen LogP contribution in [0.2, 0.25) is 0 Å². The molecular formula is C29H27Cl3N4O6. The Labute approximate surface area is 257 Å². The standard InChI is InChI=1S/C29H27Cl3N4O6/c30-29(31,32)28(33)42-27-23(35-36-34)25(39-17-20-12-6-2-7-13-20)24(38-16-19-10-4-1-5-11-19)22(41-27)18-40-26(37)21-14-8-3-9-15-21/h1-15,22-25,27,33H,16-18H2/t22-,23-,24-,25-,27?/m1/s1. The molecule has 1 aliphatic heterocycles. The highest BCUT2D eigenvalue weighted by Gasteiger charge is 2.50. The zero-order valence-corrected chi connectivity index (χ0v) is 24.4. The van der Waals surface area contributed by atoms with E-state index in [9.17, 15) is 10.3 Å². The van der Waals surface area contributed by atoms with Gasteiger partial charge in [-0.15, -0.1) is 0 Å². The molecule has 0 saturated carbocycles. The quantitative estimate of drug-likeness (QED) is 0.0470. The number of carbonyl (C=O) groups is 1. The van der Waals surface area contributed by atoms with Gasteiger partial charge in [-0.25, -0.2) is 4.79 Å². The molecule has 0 aliphatic carbocycles. The van der Waals surface area contributed by atoms with Crippen molar-refractivity contribution in [1.82, 2.24) is 0 Å². The van der Waals surface area contributed by atoms with Gasteiger partial charge in [-0.2, -0.15) is 0 Å². The maximum absolute atomic E-state index is 12.8. The van der Waals surface area contributed by atoms with Crippen molar-refractivity contribution in [3.63, 3.8) is 0 Å². The number of nitrogens with one attached hydrogen (secondary N) is 1. The van der Waals surface area contributed by atoms with Crippen LogP contribution in [0, 0.1) is 5.41 Å². The second-order valence-corrected chi connectivity index (χ2v) is 11.5. The van der Waals surface area contributed by atoms with Crippen molar-refractivity contribution in [2.45, 2.75) is 47.7 Å². The first-order valence-electron chi connectivity index (χ1n) is 12.8. The molecule has 0 radical (unpaired) electrons. The summed E-state index contributed by atoms with van der Waals surface area (Å²) in [4.78, 5) is 15.7. The molecular weight excluding hydrogens is 607 g/mol. The number of nitrogens with zero attached hydrogens (tertiary/aromatic N) is 3. The number of ether oxygens (including phenoxy) is 5. The Hall–Kier alpha value is -3.34. The molecule has 1 heterocycles. The van der Waals surface area contributed by atoms with Crippen LogP contribution >= 0.6 is 34.8 Å². The molecule has 1 unspecified atom stereocenters. The second kappa shape index (κ2) is 15.2. The van der Waals surface area contributed by atoms with Crippen LogP contribution in [-0.2, 0) is 36.9 Å². The van der Waals surface area contributed by atoms with Crippen LogP contribution in [0.3, 0.4) is 0 Å². The largest absolute Gasteiger partial charge is 0.459 e. The van der Waals surface area contributed by atoms with Crippen LogP contribution in [-0.4, -0.2) is 52.9 Å². The van der Waals surface area contributed by atoms with E-state index < -0.39 is 46.3 Å². The van der Waals surface area contributed by atoms with Gasteiger partial charge < -0.3 is 23.7 Å². The Morgan fingerprint density at radius 2 is 1.40 bits per heavy atom. The van der Waals surface area contributed by atoms with Crippen LogP contribution in [0.5, 0.6) is 0 Å². The average molecular weight is 634 g/mol. The predicted octanol–water partition coefficient (Wildman–Crippen LogP) is 6.78. The highest BCUT2D eigenvalue weighted by molar-refractivity contribution is 6.76. The van der Waals surface area contributed by atoms with Gasteiger partial charge in [0.05, 0.1) is 18.8 Å². The molecule has 4 rings (SSSR count). The van der Waals surface area contributed by atoms with Gasteiger partial charge in [0.25, 0.3) is 3.79 Å². The van der Waals surface area contributed by atoms with Crippen molar-refractivity contribution >= 4 is 46.7 Å². The van der Waals surface area contributed by atoms with Gasteiger partial charge in [-0.3, -0.25) is 5.41 Å². The lowest BCUT2D eigenvalue weighted by atomic mass is 9.96. The van der Waals surface area contributed by atoms with Crippen molar-refractivity contribution in [3.05, 3.63) is 118 Å². The summed E-state index contributed by atoms with van der Waals surface area (Å²) in [7, 11) is 0. The highest BCUT2D eigenvalue weighted by Crippen LogP contribution is 2.34. The zero-order valence-electron chi connectivity index (χ0n) is 22.1. The number of rotatable bonds is 11. The van der Waals surface area contributed by atoms with Gasteiger partial charge in [0.2, 0.25) is 12.2 Å². The van der Waals surface area contributed by atoms with E-state index in [1.807, 2.05) is 60.7 Å². The summed E-state index contributed by atoms with van der Waals surface area (Å²) < 4.78 is 27.6. The molecule has 42 heavy (non-hydrogen) atoms. The van der Waals surface area contributed by atoms with Gasteiger partial charge in [0.1, 0.15) is 31.0 Å². The van der Waals surface area contributed by atoms with E-state index in [1.54, 1.807) is 30.3 Å². The summed E-state index contributed by atoms with van der Waals surface area (Å²) in [5.74, 6) is -1.35. The molecule has 0 bridgehead atoms. The van der Waals surface area contributed by atoms with Crippen molar-refractivity contribution in [2.24, 2.45) is 5.11 Å². The Bertz CT molecular complexity index is 1360. The third-order valence-electron chi connectivity index (χ3n) is 6.25. The van der Waals surface area contributed by atoms with E-state index >= 15 is 0 Å². The minimum atomic E-state index is -2.22. The molecule has 1 aliphatic rings. The van der Waals surface area contributed by atoms with Crippen molar-refractivity contribution in [3.8, 4) is 0 Å². The lowest BCUT2D eigenvalue weighted by Gasteiger charge is -2.44. The third-order valence-corrected chi connectivity index (χ3v) is 6.76. The van der Waals surface area contributed by atoms with E-state index in [1.165, 1.54) is 0 Å². The van der Waals surface area contributed by atoms with Crippen LogP contribution < -0.4 is 0 Å². The maximum Gasteiger partial charge on any atom is 0.338 e. The normalized spacial score (nSPS) is 22.0. The summed E-state index contributed by atoms with van der Waals surface area (Å²) in [5, 5.41) is 12.0. The number of hydrogen-bond acceptors (Lipinski definition) is 8. The molecule has 13 heteroatoms.